The van der Waals surface area contributed by atoms with Gasteiger partial charge in [-0.05, 0) is 12.1 Å². The highest BCUT2D eigenvalue weighted by Crippen LogP contribution is 2.25. The van der Waals surface area contributed by atoms with Crippen LogP contribution in [0.1, 0.15) is 13.8 Å². The van der Waals surface area contributed by atoms with Gasteiger partial charge >= 0.3 is 5.97 Å². The van der Waals surface area contributed by atoms with Crippen LogP contribution < -0.4 is 4.90 Å². The molecule has 1 rings (SSSR count). The molecule has 0 aliphatic heterocycles. The number of anilines is 1. The standard InChI is InChI=1S/C14H21NO4S/c1-5-20(17,18)13-9-7-6-8-12(13)15(3)10-11(2)14(16)19-4/h6-9,11H,5,10H2,1-4H3. The monoisotopic (exact) mass is 299 g/mol. The van der Waals surface area contributed by atoms with Crippen LogP contribution in [-0.2, 0) is 19.4 Å². The summed E-state index contributed by atoms with van der Waals surface area (Å²) in [5, 5.41) is 0. The Morgan fingerprint density at radius 2 is 1.95 bits per heavy atom. The first kappa shape index (κ1) is 16.5. The van der Waals surface area contributed by atoms with Gasteiger partial charge in [0.2, 0.25) is 0 Å². The predicted octanol–water partition coefficient (Wildman–Crippen LogP) is 1.73. The molecule has 5 nitrogen and oxygen atoms in total. The number of methoxy groups -OCH3 is 1. The molecule has 0 heterocycles. The molecule has 0 spiro atoms. The number of esters is 1. The molecule has 0 aromatic heterocycles. The fourth-order valence-electron chi connectivity index (χ4n) is 1.98. The number of hydrogen-bond acceptors (Lipinski definition) is 5. The van der Waals surface area contributed by atoms with E-state index in [2.05, 4.69) is 4.74 Å². The molecular formula is C14H21NO4S. The number of benzene rings is 1. The lowest BCUT2D eigenvalue weighted by atomic mass is 10.1. The molecule has 0 aliphatic carbocycles. The van der Waals surface area contributed by atoms with Gasteiger partial charge in [0, 0.05) is 13.6 Å². The Morgan fingerprint density at radius 3 is 2.50 bits per heavy atom. The van der Waals surface area contributed by atoms with Crippen LogP contribution in [0.4, 0.5) is 5.69 Å². The molecule has 20 heavy (non-hydrogen) atoms. The zero-order chi connectivity index (χ0) is 15.3. The number of ether oxygens (including phenoxy) is 1. The summed E-state index contributed by atoms with van der Waals surface area (Å²) in [5.41, 5.74) is 0.602. The van der Waals surface area contributed by atoms with Crippen molar-refractivity contribution in [2.45, 2.75) is 18.7 Å². The Morgan fingerprint density at radius 1 is 1.35 bits per heavy atom. The van der Waals surface area contributed by atoms with Crippen LogP contribution in [-0.4, -0.2) is 40.8 Å². The van der Waals surface area contributed by atoms with Gasteiger partial charge in [0.05, 0.1) is 29.4 Å². The molecule has 0 saturated carbocycles. The van der Waals surface area contributed by atoms with Crippen LogP contribution in [0.25, 0.3) is 0 Å². The van der Waals surface area contributed by atoms with Crippen LogP contribution in [0, 0.1) is 5.92 Å². The van der Waals surface area contributed by atoms with E-state index in [9.17, 15) is 13.2 Å². The Bertz CT molecular complexity index is 568. The summed E-state index contributed by atoms with van der Waals surface area (Å²) < 4.78 is 28.9. The minimum absolute atomic E-state index is 0.0460. The molecular weight excluding hydrogens is 278 g/mol. The molecule has 6 heteroatoms. The fraction of sp³-hybridized carbons (Fsp3) is 0.500. The van der Waals surface area contributed by atoms with Gasteiger partial charge in [-0.2, -0.15) is 0 Å². The van der Waals surface area contributed by atoms with Crippen molar-refractivity contribution < 1.29 is 17.9 Å². The van der Waals surface area contributed by atoms with Crippen LogP contribution in [0.3, 0.4) is 0 Å². The van der Waals surface area contributed by atoms with E-state index < -0.39 is 9.84 Å². The third kappa shape index (κ3) is 3.72. The van der Waals surface area contributed by atoms with Crippen molar-refractivity contribution in [2.24, 2.45) is 5.92 Å². The van der Waals surface area contributed by atoms with Crippen LogP contribution in [0.5, 0.6) is 0 Å². The van der Waals surface area contributed by atoms with Crippen LogP contribution in [0.2, 0.25) is 0 Å². The summed E-state index contributed by atoms with van der Waals surface area (Å²) in [6.07, 6.45) is 0. The lowest BCUT2D eigenvalue weighted by molar-refractivity contribution is -0.144. The Kier molecular flexibility index (Phi) is 5.56. The fourth-order valence-corrected chi connectivity index (χ4v) is 3.12. The summed E-state index contributed by atoms with van der Waals surface area (Å²) in [5.74, 6) is -0.597. The van der Waals surface area contributed by atoms with Gasteiger partial charge in [0.25, 0.3) is 0 Å². The van der Waals surface area contributed by atoms with Gasteiger partial charge in [0.1, 0.15) is 0 Å². The highest BCUT2D eigenvalue weighted by Gasteiger charge is 2.21. The largest absolute Gasteiger partial charge is 0.469 e. The highest BCUT2D eigenvalue weighted by molar-refractivity contribution is 7.91. The van der Waals surface area contributed by atoms with E-state index >= 15 is 0 Å². The third-order valence-corrected chi connectivity index (χ3v) is 4.92. The highest BCUT2D eigenvalue weighted by atomic mass is 32.2. The maximum atomic E-state index is 12.1. The van der Waals surface area contributed by atoms with Crippen molar-refractivity contribution in [3.05, 3.63) is 24.3 Å². The predicted molar refractivity (Wildman–Crippen MR) is 78.6 cm³/mol. The number of carbonyl (C=O) groups is 1. The van der Waals surface area contributed by atoms with Crippen molar-refractivity contribution in [3.63, 3.8) is 0 Å². The second kappa shape index (κ2) is 6.74. The molecule has 0 bridgehead atoms. The Labute approximate surface area is 120 Å². The quantitative estimate of drug-likeness (QED) is 0.749. The normalized spacial score (nSPS) is 12.8. The van der Waals surface area contributed by atoms with E-state index in [1.165, 1.54) is 7.11 Å². The molecule has 1 aromatic carbocycles. The molecule has 0 aliphatic rings. The van der Waals surface area contributed by atoms with Crippen molar-refractivity contribution in [1.29, 1.82) is 0 Å². The van der Waals surface area contributed by atoms with Gasteiger partial charge in [-0.25, -0.2) is 8.42 Å². The van der Waals surface area contributed by atoms with Gasteiger partial charge < -0.3 is 9.64 Å². The molecule has 1 atom stereocenters. The first-order valence-electron chi connectivity index (χ1n) is 6.44. The number of nitrogens with zero attached hydrogens (tertiary/aromatic N) is 1. The average Bonchev–Trinajstić information content (AvgIpc) is 2.46. The summed E-state index contributed by atoms with van der Waals surface area (Å²) in [6, 6.07) is 6.81. The number of hydrogen-bond donors (Lipinski definition) is 0. The zero-order valence-electron chi connectivity index (χ0n) is 12.3. The molecule has 112 valence electrons. The lowest BCUT2D eigenvalue weighted by Gasteiger charge is -2.24. The van der Waals surface area contributed by atoms with Crippen LogP contribution in [0.15, 0.2) is 29.2 Å². The zero-order valence-corrected chi connectivity index (χ0v) is 13.1. The van der Waals surface area contributed by atoms with Gasteiger partial charge in [0.15, 0.2) is 9.84 Å². The Balaban J connectivity index is 3.06. The number of sulfone groups is 1. The minimum atomic E-state index is -3.29. The van der Waals surface area contributed by atoms with E-state index in [0.717, 1.165) is 0 Å². The summed E-state index contributed by atoms with van der Waals surface area (Å²) in [7, 11) is -0.184. The summed E-state index contributed by atoms with van der Waals surface area (Å²) >= 11 is 0. The van der Waals surface area contributed by atoms with Crippen LogP contribution >= 0.6 is 0 Å². The molecule has 1 unspecified atom stereocenters. The first-order valence-corrected chi connectivity index (χ1v) is 8.09. The average molecular weight is 299 g/mol. The SMILES string of the molecule is CCS(=O)(=O)c1ccccc1N(C)CC(C)C(=O)OC. The van der Waals surface area contributed by atoms with Gasteiger partial charge in [-0.3, -0.25) is 4.79 Å². The molecule has 0 N–H and O–H groups in total. The lowest BCUT2D eigenvalue weighted by Crippen LogP contribution is -2.30. The molecule has 0 amide bonds. The second-order valence-electron chi connectivity index (χ2n) is 4.68. The van der Waals surface area contributed by atoms with Crippen molar-refractivity contribution in [3.8, 4) is 0 Å². The summed E-state index contributed by atoms with van der Waals surface area (Å²) in [6.45, 7) is 3.76. The van der Waals surface area contributed by atoms with Crippen molar-refractivity contribution >= 4 is 21.5 Å². The second-order valence-corrected chi connectivity index (χ2v) is 6.92. The van der Waals surface area contributed by atoms with E-state index in [4.69, 9.17) is 0 Å². The van der Waals surface area contributed by atoms with E-state index in [1.54, 1.807) is 50.1 Å². The maximum Gasteiger partial charge on any atom is 0.310 e. The smallest absolute Gasteiger partial charge is 0.310 e. The van der Waals surface area contributed by atoms with Crippen molar-refractivity contribution in [2.75, 3.05) is 31.4 Å². The van der Waals surface area contributed by atoms with E-state index in [1.807, 2.05) is 0 Å². The third-order valence-electron chi connectivity index (χ3n) is 3.14. The number of carbonyl (C=O) groups excluding carboxylic acids is 1. The van der Waals surface area contributed by atoms with E-state index in [0.29, 0.717) is 17.1 Å². The molecule has 0 radical (unpaired) electrons. The van der Waals surface area contributed by atoms with Gasteiger partial charge in [-0.1, -0.05) is 26.0 Å². The minimum Gasteiger partial charge on any atom is -0.469 e. The maximum absolute atomic E-state index is 12.1. The van der Waals surface area contributed by atoms with E-state index in [-0.39, 0.29) is 17.6 Å². The topological polar surface area (TPSA) is 63.7 Å². The number of para-hydroxylation sites is 1. The van der Waals surface area contributed by atoms with Crippen molar-refractivity contribution in [1.82, 2.24) is 0 Å². The first-order chi connectivity index (χ1) is 9.33. The number of rotatable bonds is 6. The summed E-state index contributed by atoms with van der Waals surface area (Å²) in [4.78, 5) is 13.5. The molecule has 1 aromatic rings. The Hall–Kier alpha value is -1.56. The molecule has 0 saturated heterocycles. The molecule has 0 fully saturated rings. The van der Waals surface area contributed by atoms with Gasteiger partial charge in [-0.15, -0.1) is 0 Å².